The average Bonchev–Trinajstić information content (AvgIpc) is 2.80. The van der Waals surface area contributed by atoms with Gasteiger partial charge in [-0.05, 0) is 41.1 Å². The van der Waals surface area contributed by atoms with Crippen LogP contribution in [0.2, 0.25) is 0 Å². The van der Waals surface area contributed by atoms with Gasteiger partial charge in [-0.2, -0.15) is 0 Å². The van der Waals surface area contributed by atoms with Crippen molar-refractivity contribution in [1.29, 1.82) is 0 Å². The van der Waals surface area contributed by atoms with Crippen LogP contribution in [0.4, 0.5) is 8.78 Å². The maximum atomic E-state index is 13.8. The molecule has 0 atom stereocenters. The first-order valence-corrected chi connectivity index (χ1v) is 7.53. The largest absolute Gasteiger partial charge is 0.295 e. The van der Waals surface area contributed by atoms with Crippen molar-refractivity contribution in [3.63, 3.8) is 0 Å². The maximum absolute atomic E-state index is 13.8. The summed E-state index contributed by atoms with van der Waals surface area (Å²) in [5.74, 6) is -0.0256. The number of fused-ring (bicyclic) bond motifs is 1. The molecule has 1 heterocycles. The molecule has 0 radical (unpaired) electrons. The highest BCUT2D eigenvalue weighted by atomic mass is 79.9. The number of hydrogen-bond donors (Lipinski definition) is 0. The van der Waals surface area contributed by atoms with Crippen molar-refractivity contribution >= 4 is 38.6 Å². The zero-order chi connectivity index (χ0) is 15.1. The average molecular weight is 372 g/mol. The van der Waals surface area contributed by atoms with Crippen molar-refractivity contribution in [2.75, 3.05) is 0 Å². The number of imidazole rings is 1. The van der Waals surface area contributed by atoms with Gasteiger partial charge in [-0.3, -0.25) is 4.57 Å². The Balaban J connectivity index is 2.40. The molecule has 0 aliphatic rings. The second-order valence-corrected chi connectivity index (χ2v) is 5.76. The Labute approximate surface area is 133 Å². The molecule has 0 bridgehead atoms. The molecule has 1 aromatic heterocycles. The number of rotatable bonds is 2. The van der Waals surface area contributed by atoms with E-state index in [0.717, 1.165) is 0 Å². The molecule has 0 amide bonds. The summed E-state index contributed by atoms with van der Waals surface area (Å²) >= 11 is 9.11. The van der Waals surface area contributed by atoms with Gasteiger partial charge in [0.15, 0.2) is 0 Å². The van der Waals surface area contributed by atoms with E-state index in [4.69, 9.17) is 11.6 Å². The molecule has 3 rings (SSSR count). The summed E-state index contributed by atoms with van der Waals surface area (Å²) in [4.78, 5) is 4.33. The molecule has 0 N–H and O–H groups in total. The molecule has 2 aromatic carbocycles. The van der Waals surface area contributed by atoms with Gasteiger partial charge in [-0.25, -0.2) is 13.8 Å². The van der Waals surface area contributed by atoms with Crippen LogP contribution < -0.4 is 0 Å². The zero-order valence-corrected chi connectivity index (χ0v) is 13.3. The summed E-state index contributed by atoms with van der Waals surface area (Å²) in [6.45, 7) is 1.69. The Morgan fingerprint density at radius 3 is 2.71 bits per heavy atom. The van der Waals surface area contributed by atoms with Crippen LogP contribution in [0.15, 0.2) is 34.8 Å². The molecule has 21 heavy (non-hydrogen) atoms. The molecular formula is C15H10BrClF2N2. The topological polar surface area (TPSA) is 17.8 Å². The molecule has 108 valence electrons. The molecule has 6 heteroatoms. The van der Waals surface area contributed by atoms with Crippen molar-refractivity contribution in [1.82, 2.24) is 9.55 Å². The summed E-state index contributed by atoms with van der Waals surface area (Å²) in [5, 5.41) is 0. The first-order valence-electron chi connectivity index (χ1n) is 6.20. The fourth-order valence-corrected chi connectivity index (χ4v) is 2.83. The second-order valence-electron chi connectivity index (χ2n) is 4.64. The zero-order valence-electron chi connectivity index (χ0n) is 11.0. The number of nitrogens with zero attached hydrogens (tertiary/aromatic N) is 2. The summed E-state index contributed by atoms with van der Waals surface area (Å²) in [7, 11) is 0. The predicted octanol–water partition coefficient (Wildman–Crippen LogP) is 5.11. The Morgan fingerprint density at radius 1 is 1.24 bits per heavy atom. The van der Waals surface area contributed by atoms with Crippen LogP contribution in [0.25, 0.3) is 16.7 Å². The standard InChI is InChI=1S/C15H10BrClF2N2/c1-8-10(18)3-2-4-13(8)21-14-5-9(16)11(19)6-12(14)20-15(21)7-17/h2-6H,7H2,1H3. The van der Waals surface area contributed by atoms with E-state index in [1.54, 1.807) is 29.7 Å². The van der Waals surface area contributed by atoms with Crippen molar-refractivity contribution in [3.8, 4) is 5.69 Å². The van der Waals surface area contributed by atoms with Gasteiger partial charge in [0, 0.05) is 11.6 Å². The SMILES string of the molecule is Cc1c(F)cccc1-n1c(CCl)nc2cc(F)c(Br)cc21. The normalized spacial score (nSPS) is 11.3. The smallest absolute Gasteiger partial charge is 0.139 e. The quantitative estimate of drug-likeness (QED) is 0.572. The van der Waals surface area contributed by atoms with Crippen LogP contribution in [0.3, 0.4) is 0 Å². The number of benzene rings is 2. The van der Waals surface area contributed by atoms with E-state index in [1.165, 1.54) is 12.1 Å². The molecule has 2 nitrogen and oxygen atoms in total. The third kappa shape index (κ3) is 2.34. The minimum Gasteiger partial charge on any atom is -0.295 e. The van der Waals surface area contributed by atoms with Gasteiger partial charge in [-0.15, -0.1) is 11.6 Å². The van der Waals surface area contributed by atoms with Gasteiger partial charge >= 0.3 is 0 Å². The third-order valence-corrected chi connectivity index (χ3v) is 4.21. The van der Waals surface area contributed by atoms with E-state index in [9.17, 15) is 8.78 Å². The van der Waals surface area contributed by atoms with E-state index in [1.807, 2.05) is 0 Å². The summed E-state index contributed by atoms with van der Waals surface area (Å²) < 4.78 is 29.5. The van der Waals surface area contributed by atoms with Crippen LogP contribution in [-0.2, 0) is 5.88 Å². The van der Waals surface area contributed by atoms with Crippen LogP contribution >= 0.6 is 27.5 Å². The monoisotopic (exact) mass is 370 g/mol. The summed E-state index contributed by atoms with van der Waals surface area (Å²) in [5.41, 5.74) is 2.29. The highest BCUT2D eigenvalue weighted by Crippen LogP contribution is 2.29. The minimum atomic E-state index is -0.399. The summed E-state index contributed by atoms with van der Waals surface area (Å²) in [6, 6.07) is 7.76. The van der Waals surface area contributed by atoms with Gasteiger partial charge in [0.2, 0.25) is 0 Å². The Kier molecular flexibility index (Phi) is 3.71. The number of halogens is 4. The molecule has 0 saturated heterocycles. The molecule has 0 saturated carbocycles. The van der Waals surface area contributed by atoms with Crippen molar-refractivity contribution in [3.05, 3.63) is 57.8 Å². The van der Waals surface area contributed by atoms with E-state index in [-0.39, 0.29) is 11.7 Å². The second kappa shape index (κ2) is 5.39. The minimum absolute atomic E-state index is 0.143. The summed E-state index contributed by atoms with van der Waals surface area (Å²) in [6.07, 6.45) is 0. The van der Waals surface area contributed by atoms with E-state index in [2.05, 4.69) is 20.9 Å². The molecule has 0 fully saturated rings. The fourth-order valence-electron chi connectivity index (χ4n) is 2.32. The lowest BCUT2D eigenvalue weighted by molar-refractivity contribution is 0.616. The van der Waals surface area contributed by atoms with Crippen molar-refractivity contribution in [2.45, 2.75) is 12.8 Å². The molecule has 0 unspecified atom stereocenters. The van der Waals surface area contributed by atoms with Gasteiger partial charge < -0.3 is 0 Å². The molecule has 0 aliphatic heterocycles. The first-order chi connectivity index (χ1) is 10.0. The fraction of sp³-hybridized carbons (Fsp3) is 0.133. The lowest BCUT2D eigenvalue weighted by atomic mass is 10.2. The van der Waals surface area contributed by atoms with Gasteiger partial charge in [0.25, 0.3) is 0 Å². The van der Waals surface area contributed by atoms with Crippen molar-refractivity contribution in [2.24, 2.45) is 0 Å². The third-order valence-electron chi connectivity index (χ3n) is 3.37. The molecule has 3 aromatic rings. The molecule has 0 spiro atoms. The predicted molar refractivity (Wildman–Crippen MR) is 83.0 cm³/mol. The van der Waals surface area contributed by atoms with E-state index in [0.29, 0.717) is 32.6 Å². The maximum Gasteiger partial charge on any atom is 0.139 e. The van der Waals surface area contributed by atoms with E-state index >= 15 is 0 Å². The Bertz CT molecular complexity index is 845. The van der Waals surface area contributed by atoms with Crippen LogP contribution in [-0.4, -0.2) is 9.55 Å². The van der Waals surface area contributed by atoms with Gasteiger partial charge in [0.05, 0.1) is 27.1 Å². The van der Waals surface area contributed by atoms with Crippen LogP contribution in [0, 0.1) is 18.6 Å². The number of aromatic nitrogens is 2. The number of alkyl halides is 1. The van der Waals surface area contributed by atoms with Crippen molar-refractivity contribution < 1.29 is 8.78 Å². The van der Waals surface area contributed by atoms with Crippen LogP contribution in [0.1, 0.15) is 11.4 Å². The number of hydrogen-bond acceptors (Lipinski definition) is 1. The lowest BCUT2D eigenvalue weighted by Crippen LogP contribution is -2.03. The van der Waals surface area contributed by atoms with Gasteiger partial charge in [0.1, 0.15) is 17.5 Å². The lowest BCUT2D eigenvalue weighted by Gasteiger charge is -2.11. The Hall–Kier alpha value is -1.46. The van der Waals surface area contributed by atoms with Crippen LogP contribution in [0.5, 0.6) is 0 Å². The molecular weight excluding hydrogens is 362 g/mol. The van der Waals surface area contributed by atoms with E-state index < -0.39 is 5.82 Å². The highest BCUT2D eigenvalue weighted by Gasteiger charge is 2.16. The highest BCUT2D eigenvalue weighted by molar-refractivity contribution is 9.10. The molecule has 0 aliphatic carbocycles. The van der Waals surface area contributed by atoms with Gasteiger partial charge in [-0.1, -0.05) is 6.07 Å². The first kappa shape index (κ1) is 14.5. The Morgan fingerprint density at radius 2 is 2.00 bits per heavy atom.